The predicted octanol–water partition coefficient (Wildman–Crippen LogP) is 0.855. The van der Waals surface area contributed by atoms with Gasteiger partial charge in [0.25, 0.3) is 0 Å². The number of aryl methyl sites for hydroxylation is 1. The van der Waals surface area contributed by atoms with Crippen LogP contribution in [0.3, 0.4) is 0 Å². The van der Waals surface area contributed by atoms with Gasteiger partial charge in [0.05, 0.1) is 7.11 Å². The molecule has 0 saturated carbocycles. The molecule has 1 N–H and O–H groups in total. The second-order valence-electron chi connectivity index (χ2n) is 3.86. The molecule has 6 nitrogen and oxygen atoms in total. The number of thioether (sulfide) groups is 1. The van der Waals surface area contributed by atoms with Crippen molar-refractivity contribution in [3.05, 3.63) is 29.3 Å². The zero-order valence-corrected chi connectivity index (χ0v) is 12.0. The monoisotopic (exact) mass is 290 g/mol. The van der Waals surface area contributed by atoms with Gasteiger partial charge < -0.3 is 9.84 Å². The zero-order chi connectivity index (χ0) is 14.4. The summed E-state index contributed by atoms with van der Waals surface area (Å²) in [5.74, 6) is 7.03. The van der Waals surface area contributed by atoms with E-state index >= 15 is 0 Å². The fourth-order valence-corrected chi connectivity index (χ4v) is 2.40. The summed E-state index contributed by atoms with van der Waals surface area (Å²) in [6.07, 6.45) is 0. The fraction of sp³-hybridized carbons (Fsp3) is 0.308. The molecule has 2 aromatic rings. The minimum absolute atomic E-state index is 0.161. The van der Waals surface area contributed by atoms with Gasteiger partial charge in [-0.25, -0.2) is 4.68 Å². The standard InChI is InChI=1S/C13H14N4O2S/c1-17-13(14-15-16-17)20-9-11-8-12(19-2)6-5-10(11)4-3-7-18/h5-6,8,18H,7,9H2,1-2H3. The molecule has 0 saturated heterocycles. The minimum atomic E-state index is -0.161. The van der Waals surface area contributed by atoms with E-state index in [1.54, 1.807) is 18.8 Å². The van der Waals surface area contributed by atoms with Crippen LogP contribution in [0.15, 0.2) is 23.4 Å². The summed E-state index contributed by atoms with van der Waals surface area (Å²) >= 11 is 1.51. The van der Waals surface area contributed by atoms with E-state index in [2.05, 4.69) is 27.4 Å². The lowest BCUT2D eigenvalue weighted by atomic mass is 10.1. The van der Waals surface area contributed by atoms with Gasteiger partial charge in [-0.1, -0.05) is 23.6 Å². The van der Waals surface area contributed by atoms with Crippen LogP contribution in [0.5, 0.6) is 5.75 Å². The summed E-state index contributed by atoms with van der Waals surface area (Å²) in [6, 6.07) is 5.66. The molecule has 0 fully saturated rings. The molecule has 0 atom stereocenters. The Morgan fingerprint density at radius 2 is 2.30 bits per heavy atom. The van der Waals surface area contributed by atoms with E-state index in [1.807, 2.05) is 18.2 Å². The first-order valence-electron chi connectivity index (χ1n) is 5.86. The van der Waals surface area contributed by atoms with Crippen molar-refractivity contribution in [2.75, 3.05) is 13.7 Å². The molecule has 0 unspecified atom stereocenters. The zero-order valence-electron chi connectivity index (χ0n) is 11.2. The van der Waals surface area contributed by atoms with E-state index in [4.69, 9.17) is 9.84 Å². The smallest absolute Gasteiger partial charge is 0.209 e. The normalized spacial score (nSPS) is 9.95. The molecule has 0 spiro atoms. The van der Waals surface area contributed by atoms with E-state index < -0.39 is 0 Å². The second-order valence-corrected chi connectivity index (χ2v) is 4.80. The van der Waals surface area contributed by atoms with Crippen LogP contribution in [0.2, 0.25) is 0 Å². The van der Waals surface area contributed by atoms with Crippen LogP contribution in [0, 0.1) is 11.8 Å². The molecule has 1 aromatic heterocycles. The van der Waals surface area contributed by atoms with E-state index in [-0.39, 0.29) is 6.61 Å². The molecular formula is C13H14N4O2S. The summed E-state index contributed by atoms with van der Waals surface area (Å²) in [6.45, 7) is -0.161. The number of hydrogen-bond acceptors (Lipinski definition) is 6. The topological polar surface area (TPSA) is 73.1 Å². The Morgan fingerprint density at radius 3 is 2.95 bits per heavy atom. The molecule has 1 aromatic carbocycles. The molecule has 104 valence electrons. The van der Waals surface area contributed by atoms with Crippen LogP contribution in [0.25, 0.3) is 0 Å². The molecule has 1 heterocycles. The van der Waals surface area contributed by atoms with E-state index in [1.165, 1.54) is 11.8 Å². The maximum atomic E-state index is 8.80. The largest absolute Gasteiger partial charge is 0.497 e. The molecule has 20 heavy (non-hydrogen) atoms. The SMILES string of the molecule is COc1ccc(C#CCO)c(CSc2nnnn2C)c1. The Kier molecular flexibility index (Phi) is 4.98. The highest BCUT2D eigenvalue weighted by molar-refractivity contribution is 7.98. The third-order valence-corrected chi connectivity index (χ3v) is 3.61. The number of rotatable bonds is 4. The summed E-state index contributed by atoms with van der Waals surface area (Å²) in [5, 5.41) is 20.8. The third kappa shape index (κ3) is 3.50. The minimum Gasteiger partial charge on any atom is -0.497 e. The highest BCUT2D eigenvalue weighted by Crippen LogP contribution is 2.24. The van der Waals surface area contributed by atoms with Gasteiger partial charge in [0.1, 0.15) is 12.4 Å². The van der Waals surface area contributed by atoms with Crippen LogP contribution in [0.1, 0.15) is 11.1 Å². The molecular weight excluding hydrogens is 276 g/mol. The van der Waals surface area contributed by atoms with Crippen molar-refractivity contribution >= 4 is 11.8 Å². The van der Waals surface area contributed by atoms with Gasteiger partial charge in [-0.2, -0.15) is 0 Å². The number of aromatic nitrogens is 4. The predicted molar refractivity (Wildman–Crippen MR) is 75.3 cm³/mol. The van der Waals surface area contributed by atoms with Gasteiger partial charge >= 0.3 is 0 Å². The second kappa shape index (κ2) is 6.93. The fourth-order valence-electron chi connectivity index (χ4n) is 1.56. The molecule has 0 amide bonds. The van der Waals surface area contributed by atoms with Gasteiger partial charge in [0.15, 0.2) is 0 Å². The van der Waals surface area contributed by atoms with Crippen molar-refractivity contribution in [3.63, 3.8) is 0 Å². The highest BCUT2D eigenvalue weighted by Gasteiger charge is 2.07. The number of methoxy groups -OCH3 is 1. The highest BCUT2D eigenvalue weighted by atomic mass is 32.2. The molecule has 0 aliphatic rings. The van der Waals surface area contributed by atoms with Crippen molar-refractivity contribution < 1.29 is 9.84 Å². The Balaban J connectivity index is 2.21. The first-order valence-corrected chi connectivity index (χ1v) is 6.85. The van der Waals surface area contributed by atoms with Crippen molar-refractivity contribution in [2.24, 2.45) is 7.05 Å². The number of tetrazole rings is 1. The molecule has 0 aliphatic carbocycles. The summed E-state index contributed by atoms with van der Waals surface area (Å²) in [5.41, 5.74) is 1.88. The van der Waals surface area contributed by atoms with Crippen molar-refractivity contribution in [1.29, 1.82) is 0 Å². The van der Waals surface area contributed by atoms with Gasteiger partial charge in [-0.05, 0) is 34.2 Å². The molecule has 0 aliphatic heterocycles. The average molecular weight is 290 g/mol. The summed E-state index contributed by atoms with van der Waals surface area (Å²) in [4.78, 5) is 0. The van der Waals surface area contributed by atoms with Crippen LogP contribution < -0.4 is 4.74 Å². The van der Waals surface area contributed by atoms with Crippen molar-refractivity contribution in [1.82, 2.24) is 20.2 Å². The van der Waals surface area contributed by atoms with Crippen LogP contribution in [0.4, 0.5) is 0 Å². The van der Waals surface area contributed by atoms with Crippen molar-refractivity contribution in [3.8, 4) is 17.6 Å². The number of aliphatic hydroxyl groups excluding tert-OH is 1. The first kappa shape index (κ1) is 14.4. The van der Waals surface area contributed by atoms with E-state index in [0.29, 0.717) is 5.75 Å². The van der Waals surface area contributed by atoms with Crippen LogP contribution >= 0.6 is 11.8 Å². The first-order chi connectivity index (χ1) is 9.74. The van der Waals surface area contributed by atoms with Gasteiger partial charge in [-0.15, -0.1) is 5.10 Å². The maximum Gasteiger partial charge on any atom is 0.209 e. The lowest BCUT2D eigenvalue weighted by Gasteiger charge is -2.07. The Hall–Kier alpha value is -2.04. The average Bonchev–Trinajstić information content (AvgIpc) is 2.88. The van der Waals surface area contributed by atoms with Gasteiger partial charge in [0.2, 0.25) is 5.16 Å². The Labute approximate surface area is 121 Å². The molecule has 0 bridgehead atoms. The van der Waals surface area contributed by atoms with Gasteiger partial charge in [0, 0.05) is 18.4 Å². The lowest BCUT2D eigenvalue weighted by molar-refractivity contribution is 0.350. The summed E-state index contributed by atoms with van der Waals surface area (Å²) in [7, 11) is 3.41. The number of ether oxygens (including phenoxy) is 1. The third-order valence-electron chi connectivity index (χ3n) is 2.55. The number of hydrogen-bond donors (Lipinski definition) is 1. The van der Waals surface area contributed by atoms with Gasteiger partial charge in [-0.3, -0.25) is 0 Å². The number of benzene rings is 1. The maximum absolute atomic E-state index is 8.80. The quantitative estimate of drug-likeness (QED) is 0.665. The summed E-state index contributed by atoms with van der Waals surface area (Å²) < 4.78 is 6.84. The van der Waals surface area contributed by atoms with Crippen LogP contribution in [-0.2, 0) is 12.8 Å². The Morgan fingerprint density at radius 1 is 1.45 bits per heavy atom. The van der Waals surface area contributed by atoms with Crippen molar-refractivity contribution in [2.45, 2.75) is 10.9 Å². The number of aliphatic hydroxyl groups is 1. The molecule has 0 radical (unpaired) electrons. The molecule has 7 heteroatoms. The molecule has 2 rings (SSSR count). The lowest BCUT2D eigenvalue weighted by Crippen LogP contribution is -1.95. The van der Waals surface area contributed by atoms with Crippen LogP contribution in [-0.4, -0.2) is 39.0 Å². The number of nitrogens with zero attached hydrogens (tertiary/aromatic N) is 4. The van der Waals surface area contributed by atoms with E-state index in [9.17, 15) is 0 Å². The van der Waals surface area contributed by atoms with E-state index in [0.717, 1.165) is 22.0 Å². The Bertz CT molecular complexity index is 645.